The highest BCUT2D eigenvalue weighted by atomic mass is 32.2. The molecule has 0 spiro atoms. The number of nitrogens with one attached hydrogen (secondary N) is 1. The Hall–Kier alpha value is -2.42. The van der Waals surface area contributed by atoms with Gasteiger partial charge in [0.1, 0.15) is 5.75 Å². The molecule has 0 aromatic heterocycles. The molecule has 2 aromatic rings. The molecule has 3 rings (SSSR count). The number of sulfonamides is 1. The Kier molecular flexibility index (Phi) is 4.99. The third kappa shape index (κ3) is 3.57. The maximum Gasteiger partial charge on any atom is 0.242 e. The van der Waals surface area contributed by atoms with Crippen molar-refractivity contribution in [2.24, 2.45) is 0 Å². The quantitative estimate of drug-likeness (QED) is 0.797. The second kappa shape index (κ2) is 7.06. The summed E-state index contributed by atoms with van der Waals surface area (Å²) in [6, 6.07) is 11.4. The van der Waals surface area contributed by atoms with Crippen molar-refractivity contribution < 1.29 is 23.1 Å². The second-order valence-corrected chi connectivity index (χ2v) is 8.17. The first-order chi connectivity index (χ1) is 12.3. The topological polar surface area (TPSA) is 95.9 Å². The van der Waals surface area contributed by atoms with E-state index >= 15 is 0 Å². The molecule has 0 radical (unpaired) electrons. The molecule has 0 saturated heterocycles. The van der Waals surface area contributed by atoms with Crippen LogP contribution in [0.5, 0.6) is 5.75 Å². The number of methoxy groups -OCH3 is 1. The fourth-order valence-electron chi connectivity index (χ4n) is 2.84. The fourth-order valence-corrected chi connectivity index (χ4v) is 4.07. The van der Waals surface area contributed by atoms with Crippen LogP contribution in [0, 0.1) is 0 Å². The summed E-state index contributed by atoms with van der Waals surface area (Å²) in [5.41, 5.74) is 1.85. The molecule has 8 heteroatoms. The number of benzene rings is 2. The Morgan fingerprint density at radius 3 is 2.77 bits per heavy atom. The molecule has 138 valence electrons. The Morgan fingerprint density at radius 1 is 1.27 bits per heavy atom. The Morgan fingerprint density at radius 2 is 2.04 bits per heavy atom. The molecule has 2 aromatic carbocycles. The average molecular weight is 376 g/mol. The molecule has 1 amide bonds. The van der Waals surface area contributed by atoms with E-state index in [9.17, 15) is 18.3 Å². The zero-order valence-electron chi connectivity index (χ0n) is 14.5. The number of carbonyl (C=O) groups is 1. The highest BCUT2D eigenvalue weighted by Gasteiger charge is 2.26. The largest absolute Gasteiger partial charge is 0.497 e. The number of hydrogen-bond donors (Lipinski definition) is 2. The summed E-state index contributed by atoms with van der Waals surface area (Å²) in [7, 11) is -0.858. The zero-order valence-corrected chi connectivity index (χ0v) is 15.3. The highest BCUT2D eigenvalue weighted by molar-refractivity contribution is 7.89. The van der Waals surface area contributed by atoms with E-state index in [1.807, 2.05) is 0 Å². The number of ether oxygens (including phenoxy) is 1. The van der Waals surface area contributed by atoms with Crippen LogP contribution in [-0.2, 0) is 21.2 Å². The van der Waals surface area contributed by atoms with E-state index in [1.165, 1.54) is 26.3 Å². The lowest BCUT2D eigenvalue weighted by Crippen LogP contribution is -2.31. The summed E-state index contributed by atoms with van der Waals surface area (Å²) >= 11 is 0. The van der Waals surface area contributed by atoms with E-state index in [0.717, 1.165) is 4.31 Å². The minimum absolute atomic E-state index is 0.0908. The zero-order chi connectivity index (χ0) is 18.9. The molecule has 1 unspecified atom stereocenters. The molecular formula is C18H20N2O5S. The molecule has 0 aliphatic carbocycles. The monoisotopic (exact) mass is 376 g/mol. The standard InChI is InChI=1S/C18H20N2O5S/c1-20(11-17(21)12-4-3-5-14(8-12)25-2)26(23,24)15-6-7-16-13(9-15)10-18(22)19-16/h3-9,17,21H,10-11H2,1-2H3,(H,19,22). The van der Waals surface area contributed by atoms with Crippen molar-refractivity contribution >= 4 is 21.6 Å². The normalized spacial score (nSPS) is 14.8. The predicted octanol–water partition coefficient (Wildman–Crippen LogP) is 1.54. The number of aliphatic hydroxyl groups excluding tert-OH is 1. The highest BCUT2D eigenvalue weighted by Crippen LogP contribution is 2.28. The van der Waals surface area contributed by atoms with Crippen LogP contribution in [0.1, 0.15) is 17.2 Å². The Balaban J connectivity index is 1.79. The van der Waals surface area contributed by atoms with Crippen molar-refractivity contribution in [2.45, 2.75) is 17.4 Å². The number of anilines is 1. The first-order valence-electron chi connectivity index (χ1n) is 8.02. The van der Waals surface area contributed by atoms with E-state index in [1.54, 1.807) is 30.3 Å². The summed E-state index contributed by atoms with van der Waals surface area (Å²) in [6.07, 6.45) is -0.836. The number of rotatable bonds is 6. The third-order valence-electron chi connectivity index (χ3n) is 4.32. The molecular weight excluding hydrogens is 356 g/mol. The van der Waals surface area contributed by atoms with Gasteiger partial charge in [-0.3, -0.25) is 4.79 Å². The molecule has 2 N–H and O–H groups in total. The lowest BCUT2D eigenvalue weighted by molar-refractivity contribution is -0.115. The van der Waals surface area contributed by atoms with Gasteiger partial charge < -0.3 is 15.2 Å². The Bertz CT molecular complexity index is 942. The molecule has 1 aliphatic rings. The van der Waals surface area contributed by atoms with Gasteiger partial charge in [-0.25, -0.2) is 8.42 Å². The molecule has 0 fully saturated rings. The second-order valence-electron chi connectivity index (χ2n) is 6.12. The molecule has 26 heavy (non-hydrogen) atoms. The summed E-state index contributed by atoms with van der Waals surface area (Å²) in [6.45, 7) is -0.107. The van der Waals surface area contributed by atoms with Crippen LogP contribution >= 0.6 is 0 Å². The van der Waals surface area contributed by atoms with Gasteiger partial charge in [0.2, 0.25) is 15.9 Å². The maximum absolute atomic E-state index is 12.8. The minimum Gasteiger partial charge on any atom is -0.497 e. The lowest BCUT2D eigenvalue weighted by atomic mass is 10.1. The number of likely N-dealkylation sites (N-methyl/N-ethyl adjacent to an activating group) is 1. The van der Waals surface area contributed by atoms with Gasteiger partial charge in [0, 0.05) is 19.3 Å². The van der Waals surface area contributed by atoms with Crippen LogP contribution in [-0.4, -0.2) is 44.4 Å². The van der Waals surface area contributed by atoms with Gasteiger partial charge in [-0.1, -0.05) is 12.1 Å². The lowest BCUT2D eigenvalue weighted by Gasteiger charge is -2.21. The summed E-state index contributed by atoms with van der Waals surface area (Å²) in [4.78, 5) is 11.5. The molecule has 1 heterocycles. The van der Waals surface area contributed by atoms with E-state index in [0.29, 0.717) is 22.6 Å². The van der Waals surface area contributed by atoms with Crippen LogP contribution < -0.4 is 10.1 Å². The molecule has 0 bridgehead atoms. The number of hydrogen-bond acceptors (Lipinski definition) is 5. The van der Waals surface area contributed by atoms with Crippen LogP contribution in [0.4, 0.5) is 5.69 Å². The van der Waals surface area contributed by atoms with Gasteiger partial charge in [0.05, 0.1) is 24.5 Å². The predicted molar refractivity (Wildman–Crippen MR) is 96.5 cm³/mol. The van der Waals surface area contributed by atoms with Crippen molar-refractivity contribution in [3.8, 4) is 5.75 Å². The molecule has 0 saturated carbocycles. The number of fused-ring (bicyclic) bond motifs is 1. The van der Waals surface area contributed by atoms with Gasteiger partial charge in [0.25, 0.3) is 0 Å². The van der Waals surface area contributed by atoms with E-state index < -0.39 is 16.1 Å². The van der Waals surface area contributed by atoms with Gasteiger partial charge in [0.15, 0.2) is 0 Å². The fraction of sp³-hybridized carbons (Fsp3) is 0.278. The minimum atomic E-state index is -3.79. The number of nitrogens with zero attached hydrogens (tertiary/aromatic N) is 1. The summed E-state index contributed by atoms with van der Waals surface area (Å²) < 4.78 is 31.8. The van der Waals surface area contributed by atoms with Crippen LogP contribution in [0.25, 0.3) is 0 Å². The van der Waals surface area contributed by atoms with Gasteiger partial charge >= 0.3 is 0 Å². The van der Waals surface area contributed by atoms with Gasteiger partial charge in [-0.05, 0) is 41.5 Å². The summed E-state index contributed by atoms with van der Waals surface area (Å²) in [5.74, 6) is 0.430. The number of aliphatic hydroxyl groups is 1. The van der Waals surface area contributed by atoms with E-state index in [4.69, 9.17) is 4.74 Å². The van der Waals surface area contributed by atoms with Crippen molar-refractivity contribution in [3.63, 3.8) is 0 Å². The van der Waals surface area contributed by atoms with Crippen LogP contribution in [0.2, 0.25) is 0 Å². The van der Waals surface area contributed by atoms with Crippen LogP contribution in [0.3, 0.4) is 0 Å². The van der Waals surface area contributed by atoms with Crippen molar-refractivity contribution in [1.29, 1.82) is 0 Å². The summed E-state index contributed by atoms with van der Waals surface area (Å²) in [5, 5.41) is 13.1. The van der Waals surface area contributed by atoms with Crippen molar-refractivity contribution in [3.05, 3.63) is 53.6 Å². The van der Waals surface area contributed by atoms with Crippen LogP contribution in [0.15, 0.2) is 47.4 Å². The SMILES string of the molecule is COc1cccc(C(O)CN(C)S(=O)(=O)c2ccc3c(c2)CC(=O)N3)c1. The van der Waals surface area contributed by atoms with E-state index in [2.05, 4.69) is 5.32 Å². The number of amides is 1. The van der Waals surface area contributed by atoms with Gasteiger partial charge in [-0.2, -0.15) is 4.31 Å². The molecule has 1 atom stereocenters. The first-order valence-corrected chi connectivity index (χ1v) is 9.46. The molecule has 7 nitrogen and oxygen atoms in total. The van der Waals surface area contributed by atoms with Crippen molar-refractivity contribution in [1.82, 2.24) is 4.31 Å². The smallest absolute Gasteiger partial charge is 0.242 e. The first kappa shape index (κ1) is 18.4. The average Bonchev–Trinajstić information content (AvgIpc) is 3.00. The third-order valence-corrected chi connectivity index (χ3v) is 6.14. The maximum atomic E-state index is 12.8. The van der Waals surface area contributed by atoms with E-state index in [-0.39, 0.29) is 23.8 Å². The molecule has 1 aliphatic heterocycles. The Labute approximate surface area is 152 Å². The van der Waals surface area contributed by atoms with Gasteiger partial charge in [-0.15, -0.1) is 0 Å². The van der Waals surface area contributed by atoms with Crippen molar-refractivity contribution in [2.75, 3.05) is 26.0 Å². The number of carbonyl (C=O) groups excluding carboxylic acids is 1.